The number of aryl methyl sites for hydroxylation is 1. The Morgan fingerprint density at radius 3 is 2.46 bits per heavy atom. The molecule has 0 aliphatic carbocycles. The number of hydrogen-bond acceptors (Lipinski definition) is 4. The Bertz CT molecular complexity index is 800. The van der Waals surface area contributed by atoms with Gasteiger partial charge in [0.05, 0.1) is 0 Å². The van der Waals surface area contributed by atoms with Gasteiger partial charge in [-0.3, -0.25) is 20.4 Å². The number of carbonyl (C=O) groups excluding carboxylic acids is 2. The number of amides is 2. The van der Waals surface area contributed by atoms with Crippen molar-refractivity contribution >= 4 is 11.8 Å². The Labute approximate surface area is 152 Å². The number of carbonyl (C=O) groups is 2. The first-order chi connectivity index (χ1) is 12.5. The van der Waals surface area contributed by atoms with Crippen LogP contribution in [0.1, 0.15) is 47.7 Å². The smallest absolute Gasteiger partial charge is 0.269 e. The molecule has 0 bridgehead atoms. The zero-order valence-corrected chi connectivity index (χ0v) is 14.9. The van der Waals surface area contributed by atoms with Gasteiger partial charge in [0.25, 0.3) is 5.91 Å². The summed E-state index contributed by atoms with van der Waals surface area (Å²) in [7, 11) is 0. The molecule has 2 aromatic rings. The Hall–Kier alpha value is -3.02. The lowest BCUT2D eigenvalue weighted by Gasteiger charge is -2.09. The van der Waals surface area contributed by atoms with Gasteiger partial charge in [-0.2, -0.15) is 0 Å². The van der Waals surface area contributed by atoms with Gasteiger partial charge in [-0.05, 0) is 41.7 Å². The third kappa shape index (κ3) is 4.33. The summed E-state index contributed by atoms with van der Waals surface area (Å²) in [6.07, 6.45) is 0.909. The number of ether oxygens (including phenoxy) is 2. The molecule has 0 unspecified atom stereocenters. The molecule has 2 amide bonds. The topological polar surface area (TPSA) is 76.7 Å². The van der Waals surface area contributed by atoms with E-state index in [1.165, 1.54) is 5.56 Å². The Kier molecular flexibility index (Phi) is 5.41. The van der Waals surface area contributed by atoms with Gasteiger partial charge >= 0.3 is 0 Å². The van der Waals surface area contributed by atoms with Gasteiger partial charge in [-0.25, -0.2) is 0 Å². The summed E-state index contributed by atoms with van der Waals surface area (Å²) in [6, 6.07) is 13.1. The van der Waals surface area contributed by atoms with Crippen molar-refractivity contribution < 1.29 is 19.1 Å². The summed E-state index contributed by atoms with van der Waals surface area (Å²) in [5, 5.41) is 0. The number of fused-ring (bicyclic) bond motifs is 1. The second kappa shape index (κ2) is 7.91. The van der Waals surface area contributed by atoms with E-state index < -0.39 is 5.91 Å². The zero-order valence-electron chi connectivity index (χ0n) is 14.9. The van der Waals surface area contributed by atoms with Crippen molar-refractivity contribution in [2.75, 3.05) is 6.79 Å². The van der Waals surface area contributed by atoms with Crippen LogP contribution in [-0.2, 0) is 11.2 Å². The van der Waals surface area contributed by atoms with Gasteiger partial charge in [-0.15, -0.1) is 0 Å². The lowest BCUT2D eigenvalue weighted by atomic mass is 10.0. The lowest BCUT2D eigenvalue weighted by molar-refractivity contribution is -0.121. The van der Waals surface area contributed by atoms with Crippen molar-refractivity contribution in [3.8, 4) is 11.5 Å². The van der Waals surface area contributed by atoms with Crippen molar-refractivity contribution in [1.82, 2.24) is 10.9 Å². The monoisotopic (exact) mass is 354 g/mol. The van der Waals surface area contributed by atoms with E-state index in [1.54, 1.807) is 18.2 Å². The van der Waals surface area contributed by atoms with Crippen LogP contribution in [0.5, 0.6) is 11.5 Å². The maximum Gasteiger partial charge on any atom is 0.269 e. The Morgan fingerprint density at radius 2 is 1.73 bits per heavy atom. The highest BCUT2D eigenvalue weighted by Crippen LogP contribution is 2.32. The maximum absolute atomic E-state index is 12.1. The van der Waals surface area contributed by atoms with Gasteiger partial charge in [0.2, 0.25) is 12.7 Å². The Balaban J connectivity index is 1.45. The number of hydrogen-bond donors (Lipinski definition) is 2. The van der Waals surface area contributed by atoms with E-state index in [0.29, 0.717) is 35.8 Å². The van der Waals surface area contributed by atoms with E-state index in [4.69, 9.17) is 9.47 Å². The molecule has 0 saturated heterocycles. The summed E-state index contributed by atoms with van der Waals surface area (Å²) in [5.41, 5.74) is 7.60. The molecule has 2 N–H and O–H groups in total. The van der Waals surface area contributed by atoms with E-state index in [-0.39, 0.29) is 12.7 Å². The van der Waals surface area contributed by atoms with Gasteiger partial charge in [0.1, 0.15) is 0 Å². The molecule has 26 heavy (non-hydrogen) atoms. The average Bonchev–Trinajstić information content (AvgIpc) is 3.12. The summed E-state index contributed by atoms with van der Waals surface area (Å²) in [5.74, 6) is 0.964. The van der Waals surface area contributed by atoms with Gasteiger partial charge in [0, 0.05) is 12.0 Å². The lowest BCUT2D eigenvalue weighted by Crippen LogP contribution is -2.41. The minimum absolute atomic E-state index is 0.148. The van der Waals surface area contributed by atoms with Crippen molar-refractivity contribution in [2.24, 2.45) is 0 Å². The molecular formula is C20H22N2O4. The van der Waals surface area contributed by atoms with Crippen LogP contribution in [0, 0.1) is 0 Å². The summed E-state index contributed by atoms with van der Waals surface area (Å²) in [4.78, 5) is 24.0. The summed E-state index contributed by atoms with van der Waals surface area (Å²) in [6.45, 7) is 4.44. The molecule has 0 aromatic heterocycles. The molecule has 1 aliphatic rings. The van der Waals surface area contributed by atoms with Gasteiger partial charge in [-0.1, -0.05) is 38.1 Å². The molecule has 0 fully saturated rings. The third-order valence-electron chi connectivity index (χ3n) is 4.24. The molecule has 1 aliphatic heterocycles. The number of hydrazine groups is 1. The molecule has 6 nitrogen and oxygen atoms in total. The second-order valence-corrected chi connectivity index (χ2v) is 6.47. The van der Waals surface area contributed by atoms with Crippen molar-refractivity contribution in [3.63, 3.8) is 0 Å². The second-order valence-electron chi connectivity index (χ2n) is 6.47. The first-order valence-corrected chi connectivity index (χ1v) is 8.60. The van der Waals surface area contributed by atoms with Crippen LogP contribution in [-0.4, -0.2) is 18.6 Å². The minimum atomic E-state index is -0.405. The molecule has 0 atom stereocenters. The molecular weight excluding hydrogens is 332 g/mol. The summed E-state index contributed by atoms with van der Waals surface area (Å²) >= 11 is 0. The Morgan fingerprint density at radius 1 is 1.00 bits per heavy atom. The molecule has 2 aromatic carbocycles. The average molecular weight is 354 g/mol. The molecule has 1 heterocycles. The van der Waals surface area contributed by atoms with E-state index in [2.05, 4.69) is 36.8 Å². The highest BCUT2D eigenvalue weighted by molar-refractivity contribution is 5.96. The molecule has 6 heteroatoms. The minimum Gasteiger partial charge on any atom is -0.454 e. The van der Waals surface area contributed by atoms with E-state index in [9.17, 15) is 9.59 Å². The van der Waals surface area contributed by atoms with Crippen LogP contribution in [0.25, 0.3) is 0 Å². The number of nitrogens with one attached hydrogen (secondary N) is 2. The standard InChI is InChI=1S/C20H22N2O4/c1-13(2)15-6-3-14(4-7-15)5-10-19(23)21-22-20(24)16-8-9-17-18(11-16)26-12-25-17/h3-4,6-9,11,13H,5,10,12H2,1-2H3,(H,21,23)(H,22,24). The largest absolute Gasteiger partial charge is 0.454 e. The fraction of sp³-hybridized carbons (Fsp3) is 0.300. The van der Waals surface area contributed by atoms with Gasteiger partial charge < -0.3 is 9.47 Å². The fourth-order valence-corrected chi connectivity index (χ4v) is 2.63. The van der Waals surface area contributed by atoms with E-state index in [1.807, 2.05) is 12.1 Å². The van der Waals surface area contributed by atoms with Crippen LogP contribution in [0.4, 0.5) is 0 Å². The number of rotatable bonds is 5. The highest BCUT2D eigenvalue weighted by Gasteiger charge is 2.16. The van der Waals surface area contributed by atoms with Crippen LogP contribution < -0.4 is 20.3 Å². The fourth-order valence-electron chi connectivity index (χ4n) is 2.63. The molecule has 0 radical (unpaired) electrons. The normalized spacial score (nSPS) is 12.1. The van der Waals surface area contributed by atoms with Gasteiger partial charge in [0.15, 0.2) is 11.5 Å². The molecule has 0 spiro atoms. The molecule has 136 valence electrons. The van der Waals surface area contributed by atoms with Crippen molar-refractivity contribution in [1.29, 1.82) is 0 Å². The van der Waals surface area contributed by atoms with E-state index in [0.717, 1.165) is 5.56 Å². The SMILES string of the molecule is CC(C)c1ccc(CCC(=O)NNC(=O)c2ccc3c(c2)OCO3)cc1. The first kappa shape index (κ1) is 17.8. The quantitative estimate of drug-likeness (QED) is 0.810. The molecule has 3 rings (SSSR count). The van der Waals surface area contributed by atoms with E-state index >= 15 is 0 Å². The van der Waals surface area contributed by atoms with Crippen LogP contribution in [0.2, 0.25) is 0 Å². The third-order valence-corrected chi connectivity index (χ3v) is 4.24. The first-order valence-electron chi connectivity index (χ1n) is 8.60. The summed E-state index contributed by atoms with van der Waals surface area (Å²) < 4.78 is 10.4. The van der Waals surface area contributed by atoms with Crippen LogP contribution in [0.15, 0.2) is 42.5 Å². The van der Waals surface area contributed by atoms with Crippen LogP contribution >= 0.6 is 0 Å². The van der Waals surface area contributed by atoms with Crippen molar-refractivity contribution in [2.45, 2.75) is 32.6 Å². The van der Waals surface area contributed by atoms with Crippen LogP contribution in [0.3, 0.4) is 0 Å². The predicted molar refractivity (Wildman–Crippen MR) is 97.0 cm³/mol. The maximum atomic E-state index is 12.1. The highest BCUT2D eigenvalue weighted by atomic mass is 16.7. The van der Waals surface area contributed by atoms with Crippen molar-refractivity contribution in [3.05, 3.63) is 59.2 Å². The zero-order chi connectivity index (χ0) is 18.5. The number of benzene rings is 2. The molecule has 0 saturated carbocycles. The predicted octanol–water partition coefficient (Wildman–Crippen LogP) is 2.93.